The number of anilines is 1. The molecule has 1 aromatic carbocycles. The Morgan fingerprint density at radius 2 is 2.18 bits per heavy atom. The summed E-state index contributed by atoms with van der Waals surface area (Å²) in [6, 6.07) is 7.60. The van der Waals surface area contributed by atoms with Crippen molar-refractivity contribution in [2.24, 2.45) is 0 Å². The molecule has 86 valence electrons. The van der Waals surface area contributed by atoms with Gasteiger partial charge in [-0.3, -0.25) is 10.7 Å². The standard InChI is InChI=1S/C11H10N4O2/c1-17-15-6-12-9-10(15)7-4-2-3-5-8(7)13-11(9)14-16/h2-6,16H,1H3,(H,13,14). The fourth-order valence-corrected chi connectivity index (χ4v) is 1.91. The smallest absolute Gasteiger partial charge is 0.178 e. The molecular weight excluding hydrogens is 220 g/mol. The number of para-hydroxylation sites is 1. The predicted molar refractivity (Wildman–Crippen MR) is 62.9 cm³/mol. The maximum absolute atomic E-state index is 9.07. The Labute approximate surface area is 96.4 Å². The Kier molecular flexibility index (Phi) is 2.09. The lowest BCUT2D eigenvalue weighted by molar-refractivity contribution is 0.178. The first-order valence-corrected chi connectivity index (χ1v) is 5.05. The lowest BCUT2D eigenvalue weighted by atomic mass is 10.2. The van der Waals surface area contributed by atoms with Gasteiger partial charge in [-0.05, 0) is 6.07 Å². The van der Waals surface area contributed by atoms with Crippen LogP contribution in [0.15, 0.2) is 30.6 Å². The molecule has 2 N–H and O–H groups in total. The number of hydrogen-bond acceptors (Lipinski definition) is 5. The second-order valence-electron chi connectivity index (χ2n) is 3.54. The van der Waals surface area contributed by atoms with Gasteiger partial charge in [0.15, 0.2) is 5.82 Å². The van der Waals surface area contributed by atoms with Gasteiger partial charge in [-0.25, -0.2) is 9.97 Å². The van der Waals surface area contributed by atoms with E-state index in [4.69, 9.17) is 10.0 Å². The normalized spacial score (nSPS) is 10.9. The Bertz CT molecular complexity index is 692. The van der Waals surface area contributed by atoms with E-state index in [2.05, 4.69) is 15.4 Å². The second-order valence-corrected chi connectivity index (χ2v) is 3.54. The van der Waals surface area contributed by atoms with Gasteiger partial charge in [0, 0.05) is 5.39 Å². The van der Waals surface area contributed by atoms with Gasteiger partial charge < -0.3 is 4.84 Å². The molecule has 3 rings (SSSR count). The molecule has 0 amide bonds. The minimum atomic E-state index is 0.314. The van der Waals surface area contributed by atoms with E-state index in [0.717, 1.165) is 16.4 Å². The van der Waals surface area contributed by atoms with Crippen molar-refractivity contribution in [2.75, 3.05) is 12.6 Å². The van der Waals surface area contributed by atoms with Gasteiger partial charge >= 0.3 is 0 Å². The molecule has 3 aromatic rings. The van der Waals surface area contributed by atoms with E-state index in [1.54, 1.807) is 18.2 Å². The molecule has 6 nitrogen and oxygen atoms in total. The fourth-order valence-electron chi connectivity index (χ4n) is 1.91. The zero-order valence-electron chi connectivity index (χ0n) is 9.08. The van der Waals surface area contributed by atoms with Crippen molar-refractivity contribution in [3.05, 3.63) is 30.6 Å². The van der Waals surface area contributed by atoms with Crippen molar-refractivity contribution < 1.29 is 10.0 Å². The molecule has 0 aliphatic carbocycles. The third-order valence-corrected chi connectivity index (χ3v) is 2.65. The van der Waals surface area contributed by atoms with Crippen LogP contribution in [-0.4, -0.2) is 27.0 Å². The third kappa shape index (κ3) is 1.31. The van der Waals surface area contributed by atoms with E-state index in [9.17, 15) is 0 Å². The summed E-state index contributed by atoms with van der Waals surface area (Å²) in [5.41, 5.74) is 4.15. The number of imidazole rings is 1. The predicted octanol–water partition coefficient (Wildman–Crippen LogP) is 1.44. The van der Waals surface area contributed by atoms with Crippen molar-refractivity contribution in [3.63, 3.8) is 0 Å². The molecule has 0 aliphatic rings. The summed E-state index contributed by atoms with van der Waals surface area (Å²) >= 11 is 0. The molecule has 0 unspecified atom stereocenters. The van der Waals surface area contributed by atoms with Crippen LogP contribution < -0.4 is 10.3 Å². The maximum atomic E-state index is 9.07. The third-order valence-electron chi connectivity index (χ3n) is 2.65. The van der Waals surface area contributed by atoms with E-state index in [0.29, 0.717) is 11.3 Å². The number of benzene rings is 1. The summed E-state index contributed by atoms with van der Waals surface area (Å²) in [7, 11) is 1.56. The van der Waals surface area contributed by atoms with Gasteiger partial charge in [0.05, 0.1) is 5.52 Å². The molecule has 0 fully saturated rings. The number of nitrogens with one attached hydrogen (secondary N) is 1. The van der Waals surface area contributed by atoms with Gasteiger partial charge in [-0.15, -0.1) is 0 Å². The van der Waals surface area contributed by atoms with Crippen LogP contribution in [0.3, 0.4) is 0 Å². The Balaban J connectivity index is 2.54. The highest BCUT2D eigenvalue weighted by atomic mass is 16.6. The number of fused-ring (bicyclic) bond motifs is 3. The number of aromatic nitrogens is 3. The monoisotopic (exact) mass is 230 g/mol. The molecule has 6 heteroatoms. The molecule has 2 heterocycles. The summed E-state index contributed by atoms with van der Waals surface area (Å²) in [5, 5.41) is 9.99. The van der Waals surface area contributed by atoms with Crippen molar-refractivity contribution >= 4 is 27.8 Å². The zero-order valence-corrected chi connectivity index (χ0v) is 9.08. The number of rotatable bonds is 2. The average molecular weight is 230 g/mol. The minimum absolute atomic E-state index is 0.314. The number of pyridine rings is 1. The van der Waals surface area contributed by atoms with Crippen LogP contribution in [0.5, 0.6) is 0 Å². The van der Waals surface area contributed by atoms with Gasteiger partial charge in [-0.2, -0.15) is 4.73 Å². The van der Waals surface area contributed by atoms with E-state index in [1.807, 2.05) is 24.3 Å². The zero-order chi connectivity index (χ0) is 11.8. The first-order valence-electron chi connectivity index (χ1n) is 5.05. The average Bonchev–Trinajstić information content (AvgIpc) is 2.82. The van der Waals surface area contributed by atoms with Crippen LogP contribution >= 0.6 is 0 Å². The van der Waals surface area contributed by atoms with Crippen LogP contribution in [0.2, 0.25) is 0 Å². The van der Waals surface area contributed by atoms with Gasteiger partial charge in [0.1, 0.15) is 24.5 Å². The topological polar surface area (TPSA) is 72.2 Å². The lowest BCUT2D eigenvalue weighted by Crippen LogP contribution is -2.04. The van der Waals surface area contributed by atoms with E-state index in [1.165, 1.54) is 0 Å². The molecule has 17 heavy (non-hydrogen) atoms. The number of hydrogen-bond donors (Lipinski definition) is 2. The molecule has 0 saturated heterocycles. The van der Waals surface area contributed by atoms with Crippen LogP contribution in [-0.2, 0) is 0 Å². The largest absolute Gasteiger partial charge is 0.416 e. The van der Waals surface area contributed by atoms with Crippen LogP contribution in [0.4, 0.5) is 5.82 Å². The Morgan fingerprint density at radius 1 is 1.35 bits per heavy atom. The molecular formula is C11H10N4O2. The Morgan fingerprint density at radius 3 is 2.94 bits per heavy atom. The first kappa shape index (κ1) is 9.86. The highest BCUT2D eigenvalue weighted by Crippen LogP contribution is 2.27. The molecule has 0 atom stereocenters. The summed E-state index contributed by atoms with van der Waals surface area (Å²) in [6.07, 6.45) is 1.54. The molecule has 0 saturated carbocycles. The summed E-state index contributed by atoms with van der Waals surface area (Å²) in [5.74, 6) is 0.314. The Hall–Kier alpha value is -2.34. The van der Waals surface area contributed by atoms with E-state index < -0.39 is 0 Å². The minimum Gasteiger partial charge on any atom is -0.416 e. The van der Waals surface area contributed by atoms with Crippen LogP contribution in [0, 0.1) is 0 Å². The molecule has 0 aliphatic heterocycles. The van der Waals surface area contributed by atoms with Crippen molar-refractivity contribution in [3.8, 4) is 0 Å². The molecule has 0 radical (unpaired) electrons. The summed E-state index contributed by atoms with van der Waals surface area (Å²) in [4.78, 5) is 13.6. The van der Waals surface area contributed by atoms with E-state index in [-0.39, 0.29) is 0 Å². The van der Waals surface area contributed by atoms with Crippen molar-refractivity contribution in [2.45, 2.75) is 0 Å². The SMILES string of the molecule is COn1cnc2c(NO)nc3ccccc3c21. The number of nitrogens with zero attached hydrogens (tertiary/aromatic N) is 3. The van der Waals surface area contributed by atoms with Gasteiger partial charge in [-0.1, -0.05) is 18.2 Å². The van der Waals surface area contributed by atoms with E-state index >= 15 is 0 Å². The lowest BCUT2D eigenvalue weighted by Gasteiger charge is -2.06. The van der Waals surface area contributed by atoms with Crippen molar-refractivity contribution in [1.82, 2.24) is 14.7 Å². The maximum Gasteiger partial charge on any atom is 0.178 e. The highest BCUT2D eigenvalue weighted by Gasteiger charge is 2.13. The van der Waals surface area contributed by atoms with Gasteiger partial charge in [0.25, 0.3) is 0 Å². The molecule has 0 spiro atoms. The van der Waals surface area contributed by atoms with Gasteiger partial charge in [0.2, 0.25) is 0 Å². The highest BCUT2D eigenvalue weighted by molar-refractivity contribution is 6.06. The summed E-state index contributed by atoms with van der Waals surface area (Å²) < 4.78 is 1.54. The quantitative estimate of drug-likeness (QED) is 0.652. The summed E-state index contributed by atoms with van der Waals surface area (Å²) in [6.45, 7) is 0. The van der Waals surface area contributed by atoms with Crippen LogP contribution in [0.1, 0.15) is 0 Å². The first-order chi connectivity index (χ1) is 8.35. The fraction of sp³-hybridized carbons (Fsp3) is 0.0909. The molecule has 0 bridgehead atoms. The molecule has 2 aromatic heterocycles. The van der Waals surface area contributed by atoms with Crippen LogP contribution in [0.25, 0.3) is 21.9 Å². The van der Waals surface area contributed by atoms with Crippen molar-refractivity contribution in [1.29, 1.82) is 0 Å². The second kappa shape index (κ2) is 3.60.